The van der Waals surface area contributed by atoms with Crippen LogP contribution in [-0.2, 0) is 6.18 Å². The second-order valence-corrected chi connectivity index (χ2v) is 3.88. The normalized spacial score (nSPS) is 11.3. The van der Waals surface area contributed by atoms with Gasteiger partial charge < -0.3 is 14.6 Å². The van der Waals surface area contributed by atoms with E-state index in [1.807, 2.05) is 0 Å². The number of carbonyl (C=O) groups excluding carboxylic acids is 1. The zero-order valence-electron chi connectivity index (χ0n) is 10.5. The number of nitrogens with zero attached hydrogens (tertiary/aromatic N) is 1. The van der Waals surface area contributed by atoms with Crippen LogP contribution in [-0.4, -0.2) is 18.2 Å². The number of amides is 1. The molecule has 1 amide bonds. The van der Waals surface area contributed by atoms with Gasteiger partial charge in [-0.1, -0.05) is 0 Å². The van der Waals surface area contributed by atoms with Crippen molar-refractivity contribution in [1.82, 2.24) is 5.16 Å². The smallest absolute Gasteiger partial charge is 0.419 e. The monoisotopic (exact) mass is 304 g/mol. The van der Waals surface area contributed by atoms with E-state index in [-0.39, 0.29) is 17.3 Å². The number of halogens is 4. The molecule has 2 aromatic rings. The molecule has 1 N–H and O–H groups in total. The number of alkyl halides is 3. The van der Waals surface area contributed by atoms with Gasteiger partial charge in [0.25, 0.3) is 11.8 Å². The average Bonchev–Trinajstić information content (AvgIpc) is 2.88. The van der Waals surface area contributed by atoms with Crippen molar-refractivity contribution in [2.45, 2.75) is 6.18 Å². The molecule has 5 nitrogen and oxygen atoms in total. The number of aromatic nitrogens is 1. The van der Waals surface area contributed by atoms with Gasteiger partial charge in [-0.05, 0) is 23.4 Å². The molecule has 1 heterocycles. The molecule has 0 spiro atoms. The Balaban J connectivity index is 2.21. The molecule has 0 aliphatic rings. The summed E-state index contributed by atoms with van der Waals surface area (Å²) in [7, 11) is 1.30. The predicted octanol–water partition coefficient (Wildman–Crippen LogP) is 3.09. The Morgan fingerprint density at radius 3 is 2.62 bits per heavy atom. The van der Waals surface area contributed by atoms with Crippen molar-refractivity contribution in [2.75, 3.05) is 12.4 Å². The van der Waals surface area contributed by atoms with E-state index in [4.69, 9.17) is 4.74 Å². The van der Waals surface area contributed by atoms with Gasteiger partial charge in [0.15, 0.2) is 0 Å². The van der Waals surface area contributed by atoms with Crippen molar-refractivity contribution in [3.8, 4) is 5.88 Å². The number of rotatable bonds is 3. The Hall–Kier alpha value is -2.58. The minimum absolute atomic E-state index is 0.0373. The Bertz CT molecular complexity index is 667. The van der Waals surface area contributed by atoms with Crippen LogP contribution in [0.2, 0.25) is 0 Å². The van der Waals surface area contributed by atoms with E-state index in [9.17, 15) is 22.4 Å². The Kier molecular flexibility index (Phi) is 3.83. The van der Waals surface area contributed by atoms with E-state index in [0.29, 0.717) is 12.1 Å². The molecule has 1 aromatic carbocycles. The van der Waals surface area contributed by atoms with Crippen LogP contribution in [0.4, 0.5) is 23.2 Å². The maximum absolute atomic E-state index is 13.1. The number of ether oxygens (including phenoxy) is 1. The SMILES string of the molecule is COc1cc(C(=O)Nc2ccc(F)c(C(F)(F)F)c2)on1. The molecule has 2 rings (SSSR count). The van der Waals surface area contributed by atoms with Crippen LogP contribution in [0.5, 0.6) is 5.88 Å². The highest BCUT2D eigenvalue weighted by atomic mass is 19.4. The molecular formula is C12H8F4N2O3. The lowest BCUT2D eigenvalue weighted by Gasteiger charge is -2.10. The summed E-state index contributed by atoms with van der Waals surface area (Å²) in [5.74, 6) is -2.49. The summed E-state index contributed by atoms with van der Waals surface area (Å²) in [6, 6.07) is 3.25. The molecule has 1 aromatic heterocycles. The Morgan fingerprint density at radius 2 is 2.05 bits per heavy atom. The van der Waals surface area contributed by atoms with Crippen LogP contribution in [0.3, 0.4) is 0 Å². The van der Waals surface area contributed by atoms with Crippen molar-refractivity contribution in [3.05, 3.63) is 41.4 Å². The largest absolute Gasteiger partial charge is 0.479 e. The van der Waals surface area contributed by atoms with Crippen molar-refractivity contribution >= 4 is 11.6 Å². The lowest BCUT2D eigenvalue weighted by atomic mass is 10.2. The molecule has 21 heavy (non-hydrogen) atoms. The number of hydrogen-bond acceptors (Lipinski definition) is 4. The Labute approximate surface area is 115 Å². The number of benzene rings is 1. The first-order chi connectivity index (χ1) is 9.81. The summed E-state index contributed by atoms with van der Waals surface area (Å²) in [6.07, 6.45) is -4.86. The minimum Gasteiger partial charge on any atom is -0.479 e. The van der Waals surface area contributed by atoms with Gasteiger partial charge in [0.2, 0.25) is 5.76 Å². The third kappa shape index (κ3) is 3.30. The van der Waals surface area contributed by atoms with Crippen LogP contribution in [0.15, 0.2) is 28.8 Å². The van der Waals surface area contributed by atoms with Crippen molar-refractivity contribution < 1.29 is 31.6 Å². The number of nitrogens with one attached hydrogen (secondary N) is 1. The second-order valence-electron chi connectivity index (χ2n) is 3.88. The molecule has 0 saturated heterocycles. The number of anilines is 1. The van der Waals surface area contributed by atoms with Gasteiger partial charge in [-0.3, -0.25) is 4.79 Å². The first-order valence-corrected chi connectivity index (χ1v) is 5.50. The first kappa shape index (κ1) is 14.8. The summed E-state index contributed by atoms with van der Waals surface area (Å²) in [5, 5.41) is 5.51. The highest BCUT2D eigenvalue weighted by molar-refractivity contribution is 6.02. The fourth-order valence-electron chi connectivity index (χ4n) is 1.48. The van der Waals surface area contributed by atoms with Gasteiger partial charge in [0, 0.05) is 5.69 Å². The summed E-state index contributed by atoms with van der Waals surface area (Å²) >= 11 is 0. The third-order valence-corrected chi connectivity index (χ3v) is 2.45. The summed E-state index contributed by atoms with van der Waals surface area (Å²) in [4.78, 5) is 11.7. The fourth-order valence-corrected chi connectivity index (χ4v) is 1.48. The number of hydrogen-bond donors (Lipinski definition) is 1. The van der Waals surface area contributed by atoms with E-state index < -0.39 is 23.5 Å². The van der Waals surface area contributed by atoms with E-state index in [1.165, 1.54) is 7.11 Å². The molecule has 0 unspecified atom stereocenters. The van der Waals surface area contributed by atoms with Crippen molar-refractivity contribution in [3.63, 3.8) is 0 Å². The molecule has 0 aliphatic carbocycles. The van der Waals surface area contributed by atoms with E-state index in [1.54, 1.807) is 0 Å². The van der Waals surface area contributed by atoms with Crippen molar-refractivity contribution in [2.24, 2.45) is 0 Å². The third-order valence-electron chi connectivity index (χ3n) is 2.45. The molecule has 0 bridgehead atoms. The predicted molar refractivity (Wildman–Crippen MR) is 62.4 cm³/mol. The first-order valence-electron chi connectivity index (χ1n) is 5.50. The fraction of sp³-hybridized carbons (Fsp3) is 0.167. The average molecular weight is 304 g/mol. The molecule has 0 radical (unpaired) electrons. The van der Waals surface area contributed by atoms with Crippen LogP contribution in [0, 0.1) is 5.82 Å². The Morgan fingerprint density at radius 1 is 1.33 bits per heavy atom. The summed E-state index contributed by atoms with van der Waals surface area (Å²) in [5.41, 5.74) is -1.71. The summed E-state index contributed by atoms with van der Waals surface area (Å²) < 4.78 is 60.0. The van der Waals surface area contributed by atoms with E-state index in [0.717, 1.165) is 12.1 Å². The van der Waals surface area contributed by atoms with Gasteiger partial charge in [-0.2, -0.15) is 13.2 Å². The van der Waals surface area contributed by atoms with Crippen LogP contribution < -0.4 is 10.1 Å². The zero-order valence-corrected chi connectivity index (χ0v) is 10.5. The maximum Gasteiger partial charge on any atom is 0.419 e. The lowest BCUT2D eigenvalue weighted by Crippen LogP contribution is -2.13. The maximum atomic E-state index is 13.1. The lowest BCUT2D eigenvalue weighted by molar-refractivity contribution is -0.139. The minimum atomic E-state index is -4.86. The summed E-state index contributed by atoms with van der Waals surface area (Å²) in [6.45, 7) is 0. The molecule has 0 atom stereocenters. The number of methoxy groups -OCH3 is 1. The molecule has 0 aliphatic heterocycles. The standard InChI is InChI=1S/C12H8F4N2O3/c1-20-10-5-9(21-18-10)11(19)17-6-2-3-8(13)7(4-6)12(14,15)16/h2-5H,1H3,(H,17,19). The van der Waals surface area contributed by atoms with Gasteiger partial charge >= 0.3 is 6.18 Å². The quantitative estimate of drug-likeness (QED) is 0.885. The van der Waals surface area contributed by atoms with Gasteiger partial charge in [-0.25, -0.2) is 4.39 Å². The van der Waals surface area contributed by atoms with Gasteiger partial charge in [0.05, 0.1) is 18.7 Å². The number of carbonyl (C=O) groups is 1. The molecule has 0 fully saturated rings. The topological polar surface area (TPSA) is 64.4 Å². The van der Waals surface area contributed by atoms with Crippen LogP contribution >= 0.6 is 0 Å². The highest BCUT2D eigenvalue weighted by Gasteiger charge is 2.34. The van der Waals surface area contributed by atoms with Gasteiger partial charge in [-0.15, -0.1) is 0 Å². The molecule has 0 saturated carbocycles. The highest BCUT2D eigenvalue weighted by Crippen LogP contribution is 2.33. The zero-order chi connectivity index (χ0) is 15.6. The van der Waals surface area contributed by atoms with Gasteiger partial charge in [0.1, 0.15) is 5.82 Å². The molecule has 112 valence electrons. The van der Waals surface area contributed by atoms with Crippen LogP contribution in [0.1, 0.15) is 16.1 Å². The van der Waals surface area contributed by atoms with Crippen molar-refractivity contribution in [1.29, 1.82) is 0 Å². The van der Waals surface area contributed by atoms with Crippen LogP contribution in [0.25, 0.3) is 0 Å². The molecule has 9 heteroatoms. The van der Waals surface area contributed by atoms with E-state index in [2.05, 4.69) is 15.0 Å². The molecular weight excluding hydrogens is 296 g/mol. The van der Waals surface area contributed by atoms with E-state index >= 15 is 0 Å². The second kappa shape index (κ2) is 5.43.